The Morgan fingerprint density at radius 3 is 2.86 bits per heavy atom. The maximum Gasteiger partial charge on any atom is 0.227 e. The highest BCUT2D eigenvalue weighted by Gasteiger charge is 2.36. The molecule has 1 atom stereocenters. The van der Waals surface area contributed by atoms with Crippen LogP contribution in [-0.4, -0.2) is 44.4 Å². The first-order valence-electron chi connectivity index (χ1n) is 7.14. The standard InChI is InChI=1S/C15H19NO4S/c1-20-14-4-2-3-11-9-16(7-5-13(11)14)15(17)12-6-8-21(18,19)10-12/h2-4,12H,5-10H2,1H3. The van der Waals surface area contributed by atoms with E-state index < -0.39 is 9.84 Å². The van der Waals surface area contributed by atoms with Gasteiger partial charge in [0.15, 0.2) is 9.84 Å². The van der Waals surface area contributed by atoms with Gasteiger partial charge in [0.1, 0.15) is 5.75 Å². The number of rotatable bonds is 2. The zero-order valence-electron chi connectivity index (χ0n) is 12.0. The number of ether oxygens (including phenoxy) is 1. The molecular weight excluding hydrogens is 290 g/mol. The summed E-state index contributed by atoms with van der Waals surface area (Å²) in [6, 6.07) is 5.86. The van der Waals surface area contributed by atoms with Gasteiger partial charge in [-0.25, -0.2) is 8.42 Å². The Balaban J connectivity index is 1.76. The molecule has 3 rings (SSSR count). The van der Waals surface area contributed by atoms with Crippen molar-refractivity contribution in [3.63, 3.8) is 0 Å². The highest BCUT2D eigenvalue weighted by atomic mass is 32.2. The van der Waals surface area contributed by atoms with Gasteiger partial charge in [-0.05, 0) is 24.5 Å². The predicted molar refractivity (Wildman–Crippen MR) is 78.9 cm³/mol. The summed E-state index contributed by atoms with van der Waals surface area (Å²) in [5.74, 6) is 0.629. The number of fused-ring (bicyclic) bond motifs is 1. The number of amides is 1. The Labute approximate surface area is 124 Å². The molecule has 2 aliphatic rings. The van der Waals surface area contributed by atoms with Crippen molar-refractivity contribution in [1.29, 1.82) is 0 Å². The van der Waals surface area contributed by atoms with Crippen molar-refractivity contribution in [3.05, 3.63) is 29.3 Å². The van der Waals surface area contributed by atoms with Crippen molar-refractivity contribution >= 4 is 15.7 Å². The van der Waals surface area contributed by atoms with E-state index in [9.17, 15) is 13.2 Å². The Morgan fingerprint density at radius 2 is 2.19 bits per heavy atom. The number of carbonyl (C=O) groups excluding carboxylic acids is 1. The van der Waals surface area contributed by atoms with E-state index >= 15 is 0 Å². The fraction of sp³-hybridized carbons (Fsp3) is 0.533. The van der Waals surface area contributed by atoms with Crippen molar-refractivity contribution < 1.29 is 17.9 Å². The summed E-state index contributed by atoms with van der Waals surface area (Å²) < 4.78 is 28.4. The third-order valence-electron chi connectivity index (χ3n) is 4.34. The maximum absolute atomic E-state index is 12.5. The fourth-order valence-electron chi connectivity index (χ4n) is 3.20. The van der Waals surface area contributed by atoms with Gasteiger partial charge >= 0.3 is 0 Å². The second kappa shape index (κ2) is 5.33. The summed E-state index contributed by atoms with van der Waals surface area (Å²) in [7, 11) is -1.37. The molecule has 5 nitrogen and oxygen atoms in total. The van der Waals surface area contributed by atoms with Gasteiger partial charge in [-0.15, -0.1) is 0 Å². The SMILES string of the molecule is COc1cccc2c1CCN(C(=O)C1CCS(=O)(=O)C1)C2. The van der Waals surface area contributed by atoms with Gasteiger partial charge in [0.25, 0.3) is 0 Å². The van der Waals surface area contributed by atoms with E-state index in [1.807, 2.05) is 18.2 Å². The zero-order valence-corrected chi connectivity index (χ0v) is 12.9. The van der Waals surface area contributed by atoms with E-state index in [1.54, 1.807) is 12.0 Å². The first-order chi connectivity index (χ1) is 10.00. The molecule has 0 aromatic heterocycles. The van der Waals surface area contributed by atoms with Gasteiger partial charge in [0.05, 0.1) is 24.5 Å². The third-order valence-corrected chi connectivity index (χ3v) is 6.10. The van der Waals surface area contributed by atoms with Crippen LogP contribution < -0.4 is 4.74 Å². The minimum atomic E-state index is -3.02. The number of methoxy groups -OCH3 is 1. The minimum absolute atomic E-state index is 0.00724. The lowest BCUT2D eigenvalue weighted by molar-refractivity contribution is -0.135. The van der Waals surface area contributed by atoms with Crippen LogP contribution >= 0.6 is 0 Å². The van der Waals surface area contributed by atoms with Crippen LogP contribution in [-0.2, 0) is 27.6 Å². The molecule has 2 aliphatic heterocycles. The van der Waals surface area contributed by atoms with Crippen LogP contribution in [0.15, 0.2) is 18.2 Å². The van der Waals surface area contributed by atoms with Crippen LogP contribution in [0.2, 0.25) is 0 Å². The summed E-state index contributed by atoms with van der Waals surface area (Å²) in [6.07, 6.45) is 1.22. The Bertz CT molecular complexity index is 668. The number of hydrogen-bond acceptors (Lipinski definition) is 4. The molecule has 0 aliphatic carbocycles. The lowest BCUT2D eigenvalue weighted by Gasteiger charge is -2.31. The summed E-state index contributed by atoms with van der Waals surface area (Å²) in [6.45, 7) is 1.17. The molecule has 2 heterocycles. The van der Waals surface area contributed by atoms with E-state index in [0.717, 1.165) is 23.3 Å². The van der Waals surface area contributed by atoms with E-state index in [-0.39, 0.29) is 23.3 Å². The smallest absolute Gasteiger partial charge is 0.227 e. The quantitative estimate of drug-likeness (QED) is 0.818. The Hall–Kier alpha value is -1.56. The average Bonchev–Trinajstić information content (AvgIpc) is 2.85. The monoisotopic (exact) mass is 309 g/mol. The predicted octanol–water partition coefficient (Wildman–Crippen LogP) is 1.01. The molecule has 114 valence electrons. The molecule has 1 aromatic rings. The molecule has 6 heteroatoms. The molecule has 21 heavy (non-hydrogen) atoms. The van der Waals surface area contributed by atoms with Crippen LogP contribution in [0.4, 0.5) is 0 Å². The van der Waals surface area contributed by atoms with Crippen molar-refractivity contribution in [1.82, 2.24) is 4.90 Å². The van der Waals surface area contributed by atoms with E-state index in [0.29, 0.717) is 19.5 Å². The molecule has 1 amide bonds. The number of sulfone groups is 1. The summed E-state index contributed by atoms with van der Waals surface area (Å²) in [5.41, 5.74) is 2.25. The highest BCUT2D eigenvalue weighted by Crippen LogP contribution is 2.29. The molecule has 0 bridgehead atoms. The van der Waals surface area contributed by atoms with Gasteiger partial charge in [0.2, 0.25) is 5.91 Å². The molecule has 0 spiro atoms. The molecule has 0 radical (unpaired) electrons. The Kier molecular flexibility index (Phi) is 3.65. The lowest BCUT2D eigenvalue weighted by atomic mass is 9.97. The summed E-state index contributed by atoms with van der Waals surface area (Å²) in [5, 5.41) is 0. The van der Waals surface area contributed by atoms with Crippen LogP contribution in [0.1, 0.15) is 17.5 Å². The second-order valence-corrected chi connectivity index (χ2v) is 7.94. The molecule has 1 saturated heterocycles. The number of hydrogen-bond donors (Lipinski definition) is 0. The first-order valence-corrected chi connectivity index (χ1v) is 8.96. The number of carbonyl (C=O) groups is 1. The summed E-state index contributed by atoms with van der Waals surface area (Å²) >= 11 is 0. The van der Waals surface area contributed by atoms with Gasteiger partial charge in [0, 0.05) is 18.7 Å². The van der Waals surface area contributed by atoms with Crippen LogP contribution in [0, 0.1) is 5.92 Å². The van der Waals surface area contributed by atoms with Gasteiger partial charge in [-0.2, -0.15) is 0 Å². The Morgan fingerprint density at radius 1 is 1.38 bits per heavy atom. The van der Waals surface area contributed by atoms with Gasteiger partial charge < -0.3 is 9.64 Å². The minimum Gasteiger partial charge on any atom is -0.496 e. The lowest BCUT2D eigenvalue weighted by Crippen LogP contribution is -2.40. The molecule has 1 unspecified atom stereocenters. The first kappa shape index (κ1) is 14.4. The van der Waals surface area contributed by atoms with E-state index in [1.165, 1.54) is 0 Å². The maximum atomic E-state index is 12.5. The van der Waals surface area contributed by atoms with Crippen molar-refractivity contribution in [3.8, 4) is 5.75 Å². The van der Waals surface area contributed by atoms with Crippen LogP contribution in [0.25, 0.3) is 0 Å². The van der Waals surface area contributed by atoms with Crippen LogP contribution in [0.3, 0.4) is 0 Å². The highest BCUT2D eigenvalue weighted by molar-refractivity contribution is 7.91. The van der Waals surface area contributed by atoms with Crippen molar-refractivity contribution in [2.24, 2.45) is 5.92 Å². The van der Waals surface area contributed by atoms with Gasteiger partial charge in [-0.3, -0.25) is 4.79 Å². The zero-order chi connectivity index (χ0) is 15.0. The summed E-state index contributed by atoms with van der Waals surface area (Å²) in [4.78, 5) is 14.3. The average molecular weight is 309 g/mol. The normalized spacial score (nSPS) is 23.7. The van der Waals surface area contributed by atoms with Crippen LogP contribution in [0.5, 0.6) is 5.75 Å². The fourth-order valence-corrected chi connectivity index (χ4v) is 4.93. The van der Waals surface area contributed by atoms with E-state index in [2.05, 4.69) is 0 Å². The molecule has 1 fully saturated rings. The number of nitrogens with zero attached hydrogens (tertiary/aromatic N) is 1. The van der Waals surface area contributed by atoms with Crippen molar-refractivity contribution in [2.45, 2.75) is 19.4 Å². The molecule has 1 aromatic carbocycles. The van der Waals surface area contributed by atoms with E-state index in [4.69, 9.17) is 4.74 Å². The third kappa shape index (κ3) is 2.77. The molecular formula is C15H19NO4S. The van der Waals surface area contributed by atoms with Gasteiger partial charge in [-0.1, -0.05) is 12.1 Å². The second-order valence-electron chi connectivity index (χ2n) is 5.71. The molecule has 0 N–H and O–H groups in total. The molecule has 0 saturated carbocycles. The van der Waals surface area contributed by atoms with Crippen molar-refractivity contribution in [2.75, 3.05) is 25.2 Å². The largest absolute Gasteiger partial charge is 0.496 e. The topological polar surface area (TPSA) is 63.7 Å². The number of benzene rings is 1.